The minimum Gasteiger partial charge on any atom is -0.444 e. The second-order valence-electron chi connectivity index (χ2n) is 3.44. The van der Waals surface area contributed by atoms with Gasteiger partial charge in [-0.2, -0.15) is 0 Å². The molecule has 0 bridgehead atoms. The molecular formula is C11H14BrNO2. The zero-order valence-electron chi connectivity index (χ0n) is 8.87. The van der Waals surface area contributed by atoms with E-state index in [0.29, 0.717) is 17.0 Å². The van der Waals surface area contributed by atoms with Crippen molar-refractivity contribution in [1.29, 1.82) is 0 Å². The highest BCUT2D eigenvalue weighted by Gasteiger charge is 2.20. The van der Waals surface area contributed by atoms with E-state index >= 15 is 0 Å². The number of halogens is 1. The Morgan fingerprint density at radius 1 is 1.67 bits per heavy atom. The summed E-state index contributed by atoms with van der Waals surface area (Å²) in [5, 5.41) is 0. The standard InChI is InChI=1S/C11H14BrNO2/c1-4-7-13(8(2)3)11(14)9-5-6-10(12)15-9/h4-6,8H,1,7H2,2-3H3. The lowest BCUT2D eigenvalue weighted by atomic mass is 10.3. The molecule has 1 amide bonds. The molecular weight excluding hydrogens is 258 g/mol. The molecule has 4 heteroatoms. The molecule has 0 aliphatic heterocycles. The molecule has 1 aromatic heterocycles. The predicted octanol–water partition coefficient (Wildman–Crippen LogP) is 3.08. The van der Waals surface area contributed by atoms with Gasteiger partial charge in [-0.05, 0) is 41.9 Å². The molecule has 3 nitrogen and oxygen atoms in total. The van der Waals surface area contributed by atoms with Gasteiger partial charge in [-0.1, -0.05) is 6.08 Å². The minimum absolute atomic E-state index is 0.115. The highest BCUT2D eigenvalue weighted by molar-refractivity contribution is 9.10. The normalized spacial score (nSPS) is 10.4. The molecule has 0 N–H and O–H groups in total. The zero-order valence-corrected chi connectivity index (χ0v) is 10.5. The van der Waals surface area contributed by atoms with E-state index in [1.54, 1.807) is 23.1 Å². The summed E-state index contributed by atoms with van der Waals surface area (Å²) < 4.78 is 5.78. The molecule has 0 saturated carbocycles. The van der Waals surface area contributed by atoms with E-state index in [1.807, 2.05) is 13.8 Å². The van der Waals surface area contributed by atoms with Crippen LogP contribution in [0.1, 0.15) is 24.4 Å². The van der Waals surface area contributed by atoms with E-state index in [2.05, 4.69) is 22.5 Å². The fourth-order valence-electron chi connectivity index (χ4n) is 1.24. The summed E-state index contributed by atoms with van der Waals surface area (Å²) in [6.45, 7) is 8.07. The fraction of sp³-hybridized carbons (Fsp3) is 0.364. The maximum Gasteiger partial charge on any atom is 0.290 e. The molecule has 82 valence electrons. The van der Waals surface area contributed by atoms with Crippen LogP contribution in [0.25, 0.3) is 0 Å². The summed E-state index contributed by atoms with van der Waals surface area (Å²) in [5.41, 5.74) is 0. The van der Waals surface area contributed by atoms with Crippen LogP contribution in [0, 0.1) is 0 Å². The van der Waals surface area contributed by atoms with Crippen LogP contribution in [-0.4, -0.2) is 23.4 Å². The van der Waals surface area contributed by atoms with Crippen LogP contribution < -0.4 is 0 Å². The first-order valence-corrected chi connectivity index (χ1v) is 5.52. The summed E-state index contributed by atoms with van der Waals surface area (Å²) in [6.07, 6.45) is 1.70. The van der Waals surface area contributed by atoms with E-state index in [0.717, 1.165) is 0 Å². The first kappa shape index (κ1) is 12.0. The summed E-state index contributed by atoms with van der Waals surface area (Å²) in [7, 11) is 0. The molecule has 0 spiro atoms. The van der Waals surface area contributed by atoms with Crippen molar-refractivity contribution in [2.75, 3.05) is 6.54 Å². The van der Waals surface area contributed by atoms with Crippen molar-refractivity contribution in [2.45, 2.75) is 19.9 Å². The van der Waals surface area contributed by atoms with Gasteiger partial charge in [-0.25, -0.2) is 0 Å². The van der Waals surface area contributed by atoms with Crippen molar-refractivity contribution in [3.8, 4) is 0 Å². The number of rotatable bonds is 4. The van der Waals surface area contributed by atoms with Crippen molar-refractivity contribution >= 4 is 21.8 Å². The van der Waals surface area contributed by atoms with Crippen LogP contribution in [0.15, 0.2) is 33.9 Å². The molecule has 0 atom stereocenters. The Bertz CT molecular complexity index is 357. The first-order chi connectivity index (χ1) is 7.06. The molecule has 1 aromatic rings. The third kappa shape index (κ3) is 2.96. The van der Waals surface area contributed by atoms with Crippen LogP contribution >= 0.6 is 15.9 Å². The van der Waals surface area contributed by atoms with Crippen LogP contribution in [0.4, 0.5) is 0 Å². The van der Waals surface area contributed by atoms with Crippen molar-refractivity contribution < 1.29 is 9.21 Å². The highest BCUT2D eigenvalue weighted by Crippen LogP contribution is 2.16. The third-order valence-corrected chi connectivity index (χ3v) is 2.42. The predicted molar refractivity (Wildman–Crippen MR) is 62.8 cm³/mol. The van der Waals surface area contributed by atoms with Gasteiger partial charge in [0, 0.05) is 12.6 Å². The van der Waals surface area contributed by atoms with Crippen LogP contribution in [0.2, 0.25) is 0 Å². The molecule has 15 heavy (non-hydrogen) atoms. The lowest BCUT2D eigenvalue weighted by Gasteiger charge is -2.24. The Kier molecular flexibility index (Phi) is 4.15. The number of furan rings is 1. The average molecular weight is 272 g/mol. The Morgan fingerprint density at radius 2 is 2.33 bits per heavy atom. The topological polar surface area (TPSA) is 33.5 Å². The van der Waals surface area contributed by atoms with Crippen LogP contribution in [-0.2, 0) is 0 Å². The Morgan fingerprint density at radius 3 is 2.73 bits per heavy atom. The van der Waals surface area contributed by atoms with E-state index in [4.69, 9.17) is 4.42 Å². The summed E-state index contributed by atoms with van der Waals surface area (Å²) in [4.78, 5) is 13.6. The van der Waals surface area contributed by atoms with Crippen molar-refractivity contribution in [3.63, 3.8) is 0 Å². The number of nitrogens with zero attached hydrogens (tertiary/aromatic N) is 1. The summed E-state index contributed by atoms with van der Waals surface area (Å²) in [5.74, 6) is 0.230. The van der Waals surface area contributed by atoms with Gasteiger partial charge in [0.05, 0.1) is 0 Å². The smallest absolute Gasteiger partial charge is 0.290 e. The van der Waals surface area contributed by atoms with E-state index in [-0.39, 0.29) is 11.9 Å². The lowest BCUT2D eigenvalue weighted by Crippen LogP contribution is -2.36. The first-order valence-electron chi connectivity index (χ1n) is 4.73. The maximum absolute atomic E-state index is 12.0. The molecule has 1 rings (SSSR count). The van der Waals surface area contributed by atoms with E-state index < -0.39 is 0 Å². The SMILES string of the molecule is C=CCN(C(=O)c1ccc(Br)o1)C(C)C. The molecule has 0 radical (unpaired) electrons. The monoisotopic (exact) mass is 271 g/mol. The molecule has 0 aliphatic carbocycles. The van der Waals surface area contributed by atoms with Gasteiger partial charge >= 0.3 is 0 Å². The quantitative estimate of drug-likeness (QED) is 0.789. The van der Waals surface area contributed by atoms with Crippen LogP contribution in [0.3, 0.4) is 0 Å². The van der Waals surface area contributed by atoms with E-state index in [1.165, 1.54) is 0 Å². The highest BCUT2D eigenvalue weighted by atomic mass is 79.9. The number of carbonyl (C=O) groups excluding carboxylic acids is 1. The van der Waals surface area contributed by atoms with Crippen molar-refractivity contribution in [2.24, 2.45) is 0 Å². The van der Waals surface area contributed by atoms with Crippen LogP contribution in [0.5, 0.6) is 0 Å². The number of carbonyl (C=O) groups is 1. The minimum atomic E-state index is -0.115. The van der Waals surface area contributed by atoms with Crippen molar-refractivity contribution in [3.05, 3.63) is 35.2 Å². The molecule has 0 unspecified atom stereocenters. The number of hydrogen-bond acceptors (Lipinski definition) is 2. The van der Waals surface area contributed by atoms with Gasteiger partial charge in [0.1, 0.15) is 0 Å². The Hall–Kier alpha value is -1.03. The van der Waals surface area contributed by atoms with Gasteiger partial charge < -0.3 is 9.32 Å². The molecule has 0 fully saturated rings. The second-order valence-corrected chi connectivity index (χ2v) is 4.23. The largest absolute Gasteiger partial charge is 0.444 e. The molecule has 0 saturated heterocycles. The van der Waals surface area contributed by atoms with Gasteiger partial charge in [-0.15, -0.1) is 6.58 Å². The fourth-order valence-corrected chi connectivity index (χ4v) is 1.54. The Labute approximate surface area is 97.9 Å². The van der Waals surface area contributed by atoms with E-state index in [9.17, 15) is 4.79 Å². The second kappa shape index (κ2) is 5.16. The third-order valence-electron chi connectivity index (χ3n) is 1.99. The number of hydrogen-bond donors (Lipinski definition) is 0. The lowest BCUT2D eigenvalue weighted by molar-refractivity contribution is 0.0695. The van der Waals surface area contributed by atoms with Gasteiger partial charge in [0.2, 0.25) is 0 Å². The maximum atomic E-state index is 12.0. The molecule has 0 aromatic carbocycles. The molecule has 1 heterocycles. The summed E-state index contributed by atoms with van der Waals surface area (Å²) in [6, 6.07) is 3.49. The zero-order chi connectivity index (χ0) is 11.4. The van der Waals surface area contributed by atoms with Gasteiger partial charge in [0.25, 0.3) is 5.91 Å². The van der Waals surface area contributed by atoms with Crippen molar-refractivity contribution in [1.82, 2.24) is 4.90 Å². The van der Waals surface area contributed by atoms with Gasteiger partial charge in [0.15, 0.2) is 10.4 Å². The Balaban J connectivity index is 2.85. The average Bonchev–Trinajstić information content (AvgIpc) is 2.59. The summed E-state index contributed by atoms with van der Waals surface area (Å²) >= 11 is 3.17. The molecule has 0 aliphatic rings. The number of amides is 1. The van der Waals surface area contributed by atoms with Gasteiger partial charge in [-0.3, -0.25) is 4.79 Å².